The van der Waals surface area contributed by atoms with Crippen LogP contribution in [0, 0.1) is 0 Å². The summed E-state index contributed by atoms with van der Waals surface area (Å²) in [6, 6.07) is 13.4. The third-order valence-electron chi connectivity index (χ3n) is 5.89. The first-order chi connectivity index (χ1) is 14.4. The van der Waals surface area contributed by atoms with Crippen LogP contribution in [0.4, 0.5) is 0 Å². The van der Waals surface area contributed by atoms with Crippen LogP contribution >= 0.6 is 0 Å². The topological polar surface area (TPSA) is 48.0 Å². The molecule has 0 saturated heterocycles. The molecule has 0 radical (unpaired) electrons. The van der Waals surface area contributed by atoms with Gasteiger partial charge in [0, 0.05) is 49.0 Å². The normalized spacial score (nSPS) is 23.6. The number of hydrogen-bond acceptors (Lipinski definition) is 5. The SMILES string of the molecule is CC(C)Oc1ccc2c(c1)OC1C=C(N(C)C)CC=C1C21OC(=O)c2ccccc21. The van der Waals surface area contributed by atoms with Gasteiger partial charge in [-0.25, -0.2) is 4.79 Å². The number of nitrogens with zero attached hydrogens (tertiary/aromatic N) is 1. The van der Waals surface area contributed by atoms with E-state index in [9.17, 15) is 4.79 Å². The molecule has 5 nitrogen and oxygen atoms in total. The van der Waals surface area contributed by atoms with Crippen molar-refractivity contribution in [3.05, 3.63) is 82.6 Å². The van der Waals surface area contributed by atoms with E-state index in [2.05, 4.69) is 17.1 Å². The summed E-state index contributed by atoms with van der Waals surface area (Å²) in [6.45, 7) is 3.98. The molecule has 0 fully saturated rings. The van der Waals surface area contributed by atoms with Crippen molar-refractivity contribution in [2.24, 2.45) is 0 Å². The second-order valence-electron chi connectivity index (χ2n) is 8.40. The van der Waals surface area contributed by atoms with Crippen molar-refractivity contribution in [3.63, 3.8) is 0 Å². The summed E-state index contributed by atoms with van der Waals surface area (Å²) in [5, 5.41) is 0. The van der Waals surface area contributed by atoms with E-state index < -0.39 is 5.60 Å². The number of benzene rings is 2. The highest BCUT2D eigenvalue weighted by Crippen LogP contribution is 2.55. The second-order valence-corrected chi connectivity index (χ2v) is 8.40. The number of ether oxygens (including phenoxy) is 3. The zero-order valence-corrected chi connectivity index (χ0v) is 17.6. The van der Waals surface area contributed by atoms with E-state index in [0.29, 0.717) is 11.3 Å². The Morgan fingerprint density at radius 3 is 2.70 bits per heavy atom. The fourth-order valence-corrected chi connectivity index (χ4v) is 4.60. The number of rotatable bonds is 3. The predicted octanol–water partition coefficient (Wildman–Crippen LogP) is 4.42. The molecule has 154 valence electrons. The average Bonchev–Trinajstić information content (AvgIpc) is 3.00. The van der Waals surface area contributed by atoms with Crippen LogP contribution in [0.25, 0.3) is 0 Å². The standard InChI is InChI=1S/C25H25NO4/c1-15(2)28-17-10-12-21-23(14-17)29-22-13-16(26(3)4)9-11-20(22)25(21)19-8-6-5-7-18(19)24(27)30-25/h5-8,10-15,22H,9H2,1-4H3. The molecule has 2 aromatic carbocycles. The summed E-state index contributed by atoms with van der Waals surface area (Å²) in [4.78, 5) is 15.0. The monoisotopic (exact) mass is 403 g/mol. The maximum Gasteiger partial charge on any atom is 0.340 e. The van der Waals surface area contributed by atoms with Crippen molar-refractivity contribution >= 4 is 5.97 Å². The highest BCUT2D eigenvalue weighted by Gasteiger charge is 2.56. The van der Waals surface area contributed by atoms with Crippen molar-refractivity contribution in [3.8, 4) is 11.5 Å². The van der Waals surface area contributed by atoms with Crippen LogP contribution in [-0.2, 0) is 10.3 Å². The van der Waals surface area contributed by atoms with Gasteiger partial charge in [0.2, 0.25) is 0 Å². The molecular weight excluding hydrogens is 378 g/mol. The average molecular weight is 403 g/mol. The van der Waals surface area contributed by atoms with Gasteiger partial charge in [-0.2, -0.15) is 0 Å². The maximum absolute atomic E-state index is 12.9. The van der Waals surface area contributed by atoms with E-state index >= 15 is 0 Å². The van der Waals surface area contributed by atoms with Gasteiger partial charge in [-0.15, -0.1) is 0 Å². The number of esters is 1. The van der Waals surface area contributed by atoms with Crippen LogP contribution in [0.5, 0.6) is 11.5 Å². The molecule has 5 rings (SSSR count). The molecule has 2 unspecified atom stereocenters. The molecule has 0 bridgehead atoms. The number of fused-ring (bicyclic) bond motifs is 6. The maximum atomic E-state index is 12.9. The summed E-state index contributed by atoms with van der Waals surface area (Å²) >= 11 is 0. The third-order valence-corrected chi connectivity index (χ3v) is 5.89. The molecule has 0 amide bonds. The van der Waals surface area contributed by atoms with Gasteiger partial charge in [0.1, 0.15) is 17.6 Å². The molecule has 2 aliphatic heterocycles. The van der Waals surface area contributed by atoms with E-state index in [4.69, 9.17) is 14.2 Å². The van der Waals surface area contributed by atoms with E-state index in [1.165, 1.54) is 0 Å². The minimum absolute atomic E-state index is 0.0519. The highest BCUT2D eigenvalue weighted by atomic mass is 16.6. The van der Waals surface area contributed by atoms with Crippen molar-refractivity contribution in [2.75, 3.05) is 14.1 Å². The first-order valence-corrected chi connectivity index (χ1v) is 10.3. The van der Waals surface area contributed by atoms with Gasteiger partial charge in [0.25, 0.3) is 0 Å². The Balaban J connectivity index is 1.73. The van der Waals surface area contributed by atoms with Crippen molar-refractivity contribution in [1.29, 1.82) is 0 Å². The molecule has 30 heavy (non-hydrogen) atoms. The lowest BCUT2D eigenvalue weighted by Crippen LogP contribution is -2.43. The summed E-state index contributed by atoms with van der Waals surface area (Å²) in [6.07, 6.45) is 4.75. The lowest BCUT2D eigenvalue weighted by Gasteiger charge is -2.42. The minimum Gasteiger partial charge on any atom is -0.491 e. The summed E-state index contributed by atoms with van der Waals surface area (Å²) in [5.41, 5.74) is 3.45. The van der Waals surface area contributed by atoms with Gasteiger partial charge in [-0.05, 0) is 38.1 Å². The number of hydrogen-bond donors (Lipinski definition) is 0. The molecule has 0 N–H and O–H groups in total. The Morgan fingerprint density at radius 2 is 1.93 bits per heavy atom. The van der Waals surface area contributed by atoms with Gasteiger partial charge in [-0.1, -0.05) is 24.3 Å². The van der Waals surface area contributed by atoms with E-state index in [-0.39, 0.29) is 18.2 Å². The van der Waals surface area contributed by atoms with Gasteiger partial charge < -0.3 is 19.1 Å². The van der Waals surface area contributed by atoms with Gasteiger partial charge in [0.15, 0.2) is 5.60 Å². The zero-order chi connectivity index (χ0) is 21.0. The Hall–Kier alpha value is -3.21. The van der Waals surface area contributed by atoms with Crippen LogP contribution in [-0.4, -0.2) is 37.2 Å². The Kier molecular flexibility index (Phi) is 4.17. The van der Waals surface area contributed by atoms with E-state index in [0.717, 1.165) is 34.6 Å². The summed E-state index contributed by atoms with van der Waals surface area (Å²) < 4.78 is 18.5. The first kappa shape index (κ1) is 18.8. The number of allylic oxidation sites excluding steroid dienone is 1. The lowest BCUT2D eigenvalue weighted by molar-refractivity contribution is 0.0120. The van der Waals surface area contributed by atoms with Crippen LogP contribution in [0.2, 0.25) is 0 Å². The molecule has 2 aromatic rings. The van der Waals surface area contributed by atoms with Crippen molar-refractivity contribution in [1.82, 2.24) is 4.90 Å². The minimum atomic E-state index is -0.976. The van der Waals surface area contributed by atoms with Crippen LogP contribution in [0.15, 0.2) is 65.9 Å². The van der Waals surface area contributed by atoms with Crippen molar-refractivity contribution < 1.29 is 19.0 Å². The molecule has 3 aliphatic rings. The summed E-state index contributed by atoms with van der Waals surface area (Å²) in [7, 11) is 4.05. The second kappa shape index (κ2) is 6.66. The highest BCUT2D eigenvalue weighted by molar-refractivity contribution is 5.96. The molecular formula is C25H25NO4. The Morgan fingerprint density at radius 1 is 1.13 bits per heavy atom. The number of carbonyl (C=O) groups excluding carboxylic acids is 1. The van der Waals surface area contributed by atoms with Gasteiger partial charge >= 0.3 is 5.97 Å². The first-order valence-electron chi connectivity index (χ1n) is 10.3. The zero-order valence-electron chi connectivity index (χ0n) is 17.6. The van der Waals surface area contributed by atoms with Gasteiger partial charge in [-0.3, -0.25) is 0 Å². The molecule has 1 spiro atoms. The molecule has 2 heterocycles. The van der Waals surface area contributed by atoms with Crippen LogP contribution in [0.1, 0.15) is 41.8 Å². The van der Waals surface area contributed by atoms with E-state index in [1.807, 2.05) is 70.4 Å². The molecule has 0 aromatic heterocycles. The van der Waals surface area contributed by atoms with Gasteiger partial charge in [0.05, 0.1) is 11.7 Å². The quantitative estimate of drug-likeness (QED) is 0.561. The molecule has 5 heteroatoms. The van der Waals surface area contributed by atoms with E-state index in [1.54, 1.807) is 0 Å². The smallest absolute Gasteiger partial charge is 0.340 e. The Labute approximate surface area is 176 Å². The predicted molar refractivity (Wildman–Crippen MR) is 114 cm³/mol. The third kappa shape index (κ3) is 2.65. The summed E-state index contributed by atoms with van der Waals surface area (Å²) in [5.74, 6) is 1.11. The molecule has 0 saturated carbocycles. The largest absolute Gasteiger partial charge is 0.491 e. The van der Waals surface area contributed by atoms with Crippen LogP contribution < -0.4 is 9.47 Å². The number of carbonyl (C=O) groups is 1. The Bertz CT molecular complexity index is 1100. The molecule has 1 aliphatic carbocycles. The van der Waals surface area contributed by atoms with Crippen molar-refractivity contribution in [2.45, 2.75) is 38.1 Å². The fraction of sp³-hybridized carbons (Fsp3) is 0.320. The van der Waals surface area contributed by atoms with Crippen LogP contribution in [0.3, 0.4) is 0 Å². The molecule has 2 atom stereocenters. The lowest BCUT2D eigenvalue weighted by atomic mass is 9.73. The fourth-order valence-electron chi connectivity index (χ4n) is 4.60.